The normalized spacial score (nSPS) is 12.8. The average molecular weight is 264 g/mol. The van der Waals surface area contributed by atoms with Crippen molar-refractivity contribution in [1.29, 1.82) is 5.26 Å². The van der Waals surface area contributed by atoms with E-state index >= 15 is 0 Å². The number of aryl methyl sites for hydroxylation is 2. The Bertz CT molecular complexity index is 782. The second-order valence-electron chi connectivity index (χ2n) is 5.11. The van der Waals surface area contributed by atoms with Crippen LogP contribution in [0.3, 0.4) is 0 Å². The Labute approximate surface area is 117 Å². The monoisotopic (exact) mass is 264 g/mol. The van der Waals surface area contributed by atoms with Crippen LogP contribution in [0.4, 0.5) is 10.1 Å². The van der Waals surface area contributed by atoms with Gasteiger partial charge in [0, 0.05) is 6.42 Å². The van der Waals surface area contributed by atoms with Gasteiger partial charge in [-0.25, -0.2) is 4.39 Å². The lowest BCUT2D eigenvalue weighted by molar-refractivity contribution is 0.623. The Morgan fingerprint density at radius 2 is 1.90 bits per heavy atom. The SMILES string of the molecule is Cc1cc2c(cc1C)N=C(c1ccc(C#N)c(F)c1)C2. The summed E-state index contributed by atoms with van der Waals surface area (Å²) in [5, 5.41) is 8.76. The average Bonchev–Trinajstić information content (AvgIpc) is 2.82. The van der Waals surface area contributed by atoms with E-state index in [1.807, 2.05) is 6.07 Å². The minimum Gasteiger partial charge on any atom is -0.252 e. The number of aliphatic imine (C=N–C) groups is 1. The van der Waals surface area contributed by atoms with Crippen molar-refractivity contribution in [2.45, 2.75) is 20.3 Å². The predicted octanol–water partition coefficient (Wildman–Crippen LogP) is 3.99. The minimum atomic E-state index is -0.490. The molecule has 98 valence electrons. The van der Waals surface area contributed by atoms with Gasteiger partial charge in [0.15, 0.2) is 0 Å². The molecule has 1 aliphatic heterocycles. The minimum absolute atomic E-state index is 0.0663. The number of rotatable bonds is 1. The van der Waals surface area contributed by atoms with Gasteiger partial charge in [0.2, 0.25) is 0 Å². The number of benzene rings is 2. The molecule has 0 spiro atoms. The van der Waals surface area contributed by atoms with E-state index in [0.717, 1.165) is 17.0 Å². The van der Waals surface area contributed by atoms with E-state index in [-0.39, 0.29) is 5.56 Å². The number of nitriles is 1. The molecule has 1 aliphatic rings. The molecule has 0 amide bonds. The number of nitrogens with zero attached hydrogens (tertiary/aromatic N) is 2. The summed E-state index contributed by atoms with van der Waals surface area (Å²) in [6.45, 7) is 4.14. The van der Waals surface area contributed by atoms with Crippen molar-refractivity contribution in [3.05, 3.63) is 64.0 Å². The third-order valence-electron chi connectivity index (χ3n) is 3.73. The molecular formula is C17H13FN2. The molecule has 0 fully saturated rings. The van der Waals surface area contributed by atoms with Crippen molar-refractivity contribution < 1.29 is 4.39 Å². The molecule has 3 rings (SSSR count). The molecule has 2 aromatic carbocycles. The molecule has 0 saturated carbocycles. The molecule has 3 heteroatoms. The predicted molar refractivity (Wildman–Crippen MR) is 76.9 cm³/mol. The first-order chi connectivity index (χ1) is 9.58. The maximum Gasteiger partial charge on any atom is 0.141 e. The molecular weight excluding hydrogens is 251 g/mol. The summed E-state index contributed by atoms with van der Waals surface area (Å²) in [7, 11) is 0. The quantitative estimate of drug-likeness (QED) is 0.767. The summed E-state index contributed by atoms with van der Waals surface area (Å²) in [5.74, 6) is -0.490. The van der Waals surface area contributed by atoms with E-state index in [2.05, 4.69) is 31.0 Å². The van der Waals surface area contributed by atoms with Crippen LogP contribution in [0.25, 0.3) is 0 Å². The van der Waals surface area contributed by atoms with Crippen LogP contribution in [-0.2, 0) is 6.42 Å². The van der Waals surface area contributed by atoms with Crippen molar-refractivity contribution in [2.24, 2.45) is 4.99 Å². The Balaban J connectivity index is 2.01. The highest BCUT2D eigenvalue weighted by atomic mass is 19.1. The number of hydrogen-bond acceptors (Lipinski definition) is 2. The van der Waals surface area contributed by atoms with Gasteiger partial charge < -0.3 is 0 Å². The number of hydrogen-bond donors (Lipinski definition) is 0. The molecule has 0 N–H and O–H groups in total. The van der Waals surface area contributed by atoms with Crippen LogP contribution in [0.2, 0.25) is 0 Å². The third kappa shape index (κ3) is 2.00. The van der Waals surface area contributed by atoms with Crippen molar-refractivity contribution in [2.75, 3.05) is 0 Å². The van der Waals surface area contributed by atoms with Crippen LogP contribution in [0.5, 0.6) is 0 Å². The van der Waals surface area contributed by atoms with Gasteiger partial charge in [-0.3, -0.25) is 4.99 Å². The first-order valence-corrected chi connectivity index (χ1v) is 6.46. The van der Waals surface area contributed by atoms with Gasteiger partial charge in [-0.1, -0.05) is 12.1 Å². The van der Waals surface area contributed by atoms with Gasteiger partial charge in [0.25, 0.3) is 0 Å². The topological polar surface area (TPSA) is 36.1 Å². The van der Waals surface area contributed by atoms with Gasteiger partial charge in [-0.15, -0.1) is 0 Å². The lowest BCUT2D eigenvalue weighted by atomic mass is 10.00. The molecule has 0 saturated heterocycles. The Kier molecular flexibility index (Phi) is 2.87. The van der Waals surface area contributed by atoms with Crippen LogP contribution in [0.1, 0.15) is 27.8 Å². The smallest absolute Gasteiger partial charge is 0.141 e. The number of fused-ring (bicyclic) bond motifs is 1. The lowest BCUT2D eigenvalue weighted by Crippen LogP contribution is -2.01. The molecule has 0 aromatic heterocycles. The molecule has 0 aliphatic carbocycles. The fourth-order valence-corrected chi connectivity index (χ4v) is 2.42. The fourth-order valence-electron chi connectivity index (χ4n) is 2.42. The van der Waals surface area contributed by atoms with Gasteiger partial charge >= 0.3 is 0 Å². The highest BCUT2D eigenvalue weighted by Gasteiger charge is 2.18. The van der Waals surface area contributed by atoms with Gasteiger partial charge in [-0.2, -0.15) is 5.26 Å². The molecule has 0 atom stereocenters. The van der Waals surface area contributed by atoms with E-state index in [1.165, 1.54) is 28.8 Å². The van der Waals surface area contributed by atoms with E-state index in [0.29, 0.717) is 6.42 Å². The van der Waals surface area contributed by atoms with Crippen molar-refractivity contribution >= 4 is 11.4 Å². The molecule has 0 bridgehead atoms. The van der Waals surface area contributed by atoms with Crippen LogP contribution >= 0.6 is 0 Å². The first-order valence-electron chi connectivity index (χ1n) is 6.46. The zero-order valence-corrected chi connectivity index (χ0v) is 11.4. The van der Waals surface area contributed by atoms with Gasteiger partial charge in [0.05, 0.1) is 17.0 Å². The Morgan fingerprint density at radius 3 is 2.60 bits per heavy atom. The summed E-state index contributed by atoms with van der Waals surface area (Å²) >= 11 is 0. The maximum absolute atomic E-state index is 13.7. The summed E-state index contributed by atoms with van der Waals surface area (Å²) in [5.41, 5.74) is 6.25. The molecule has 2 aromatic rings. The highest BCUT2D eigenvalue weighted by molar-refractivity contribution is 6.06. The molecule has 0 radical (unpaired) electrons. The van der Waals surface area contributed by atoms with Crippen LogP contribution in [-0.4, -0.2) is 5.71 Å². The molecule has 1 heterocycles. The number of halogens is 1. The van der Waals surface area contributed by atoms with Crippen LogP contribution in [0, 0.1) is 31.0 Å². The van der Waals surface area contributed by atoms with E-state index < -0.39 is 5.82 Å². The molecule has 20 heavy (non-hydrogen) atoms. The lowest BCUT2D eigenvalue weighted by Gasteiger charge is -2.03. The van der Waals surface area contributed by atoms with Crippen LogP contribution < -0.4 is 0 Å². The summed E-state index contributed by atoms with van der Waals surface area (Å²) in [4.78, 5) is 4.59. The maximum atomic E-state index is 13.7. The highest BCUT2D eigenvalue weighted by Crippen LogP contribution is 2.31. The molecule has 0 unspecified atom stereocenters. The van der Waals surface area contributed by atoms with Gasteiger partial charge in [0.1, 0.15) is 11.9 Å². The Hall–Kier alpha value is -2.47. The van der Waals surface area contributed by atoms with E-state index in [9.17, 15) is 4.39 Å². The van der Waals surface area contributed by atoms with E-state index in [1.54, 1.807) is 6.07 Å². The third-order valence-corrected chi connectivity index (χ3v) is 3.73. The first kappa shape index (κ1) is 12.6. The second kappa shape index (κ2) is 4.57. The van der Waals surface area contributed by atoms with Crippen molar-refractivity contribution in [3.8, 4) is 6.07 Å². The van der Waals surface area contributed by atoms with Crippen molar-refractivity contribution in [3.63, 3.8) is 0 Å². The van der Waals surface area contributed by atoms with Crippen molar-refractivity contribution in [1.82, 2.24) is 0 Å². The molecule has 2 nitrogen and oxygen atoms in total. The zero-order chi connectivity index (χ0) is 14.3. The van der Waals surface area contributed by atoms with Crippen LogP contribution in [0.15, 0.2) is 35.3 Å². The zero-order valence-electron chi connectivity index (χ0n) is 11.4. The fraction of sp³-hybridized carbons (Fsp3) is 0.176. The summed E-state index contributed by atoms with van der Waals surface area (Å²) in [6, 6.07) is 10.7. The van der Waals surface area contributed by atoms with E-state index in [4.69, 9.17) is 5.26 Å². The Morgan fingerprint density at radius 1 is 1.15 bits per heavy atom. The standard InChI is InChI=1S/C17H13FN2/c1-10-5-14-8-17(20-16(14)6-11(10)2)12-3-4-13(9-19)15(18)7-12/h3-7H,8H2,1-2H3. The second-order valence-corrected chi connectivity index (χ2v) is 5.11. The van der Waals surface area contributed by atoms with Gasteiger partial charge in [-0.05, 0) is 54.3 Å². The largest absolute Gasteiger partial charge is 0.252 e. The summed E-state index contributed by atoms with van der Waals surface area (Å²) in [6.07, 6.45) is 0.710. The summed E-state index contributed by atoms with van der Waals surface area (Å²) < 4.78 is 13.7.